The van der Waals surface area contributed by atoms with Crippen LogP contribution in [0.1, 0.15) is 12.5 Å². The van der Waals surface area contributed by atoms with Gasteiger partial charge in [-0.15, -0.1) is 0 Å². The number of fused-ring (bicyclic) bond motifs is 1. The highest BCUT2D eigenvalue weighted by molar-refractivity contribution is 5.89. The molecule has 19 unspecified atom stereocenters. The predicted octanol–water partition coefficient (Wildman–Crippen LogP) is -3.72. The number of hydrogen-bond acceptors (Lipinski definition) is 28. The van der Waals surface area contributed by atoms with E-state index < -0.39 is 205 Å². The van der Waals surface area contributed by atoms with Crippen molar-refractivity contribution in [2.45, 2.75) is 124 Å². The van der Waals surface area contributed by atoms with E-state index in [4.69, 9.17) is 47.0 Å². The molecule has 0 aliphatic carbocycles. The fourth-order valence-corrected chi connectivity index (χ4v) is 8.63. The van der Waals surface area contributed by atoms with Crippen molar-refractivity contribution in [3.8, 4) is 51.6 Å². The third kappa shape index (κ3) is 11.4. The highest BCUT2D eigenvalue weighted by Gasteiger charge is 2.54. The summed E-state index contributed by atoms with van der Waals surface area (Å²) in [6.07, 6.45) is -33.7. The van der Waals surface area contributed by atoms with Crippen LogP contribution in [-0.4, -0.2) is 224 Å². The highest BCUT2D eigenvalue weighted by atomic mass is 16.8. The van der Waals surface area contributed by atoms with E-state index in [0.29, 0.717) is 0 Å². The Labute approximate surface area is 421 Å². The maximum absolute atomic E-state index is 14.4. The van der Waals surface area contributed by atoms with Gasteiger partial charge >= 0.3 is 5.97 Å². The smallest absolute Gasteiger partial charge is 0.331 e. The van der Waals surface area contributed by atoms with E-state index >= 15 is 0 Å². The molecule has 16 N–H and O–H groups in total. The van der Waals surface area contributed by atoms with Crippen LogP contribution in [0.5, 0.6) is 40.2 Å². The summed E-state index contributed by atoms with van der Waals surface area (Å²) in [6.45, 7) is -1.05. The van der Waals surface area contributed by atoms with Crippen molar-refractivity contribution in [3.05, 3.63) is 70.4 Å². The maximum Gasteiger partial charge on any atom is 0.331 e. The van der Waals surface area contributed by atoms with E-state index in [1.165, 1.54) is 19.1 Å². The van der Waals surface area contributed by atoms with E-state index in [-0.39, 0.29) is 11.1 Å². The molecule has 0 saturated carbocycles. The first kappa shape index (κ1) is 55.2. The molecule has 4 saturated heterocycles. The summed E-state index contributed by atoms with van der Waals surface area (Å²) in [6, 6.07) is 8.48. The number of aliphatic hydroxyl groups excluding tert-OH is 10. The van der Waals surface area contributed by atoms with E-state index in [9.17, 15) is 91.3 Å². The summed E-state index contributed by atoms with van der Waals surface area (Å²) in [5, 5.41) is 169. The number of aliphatic hydroxyl groups is 10. The molecule has 8 rings (SSSR count). The number of phenols is 6. The minimum atomic E-state index is -2.25. The number of benzene rings is 3. The van der Waals surface area contributed by atoms with Gasteiger partial charge in [-0.05, 0) is 48.9 Å². The molecule has 410 valence electrons. The molecule has 4 fully saturated rings. The zero-order valence-corrected chi connectivity index (χ0v) is 38.9. The first-order valence-electron chi connectivity index (χ1n) is 22.9. The largest absolute Gasteiger partial charge is 0.508 e. The molecule has 3 aromatic carbocycles. The number of rotatable bonds is 14. The van der Waals surface area contributed by atoms with Gasteiger partial charge in [0.1, 0.15) is 95.7 Å². The van der Waals surface area contributed by atoms with Crippen LogP contribution >= 0.6 is 0 Å². The summed E-state index contributed by atoms with van der Waals surface area (Å²) in [4.78, 5) is 27.6. The van der Waals surface area contributed by atoms with Crippen LogP contribution in [0.3, 0.4) is 0 Å². The van der Waals surface area contributed by atoms with Crippen LogP contribution in [0.15, 0.2) is 63.8 Å². The Hall–Kier alpha value is -6.00. The molecule has 75 heavy (non-hydrogen) atoms. The van der Waals surface area contributed by atoms with Crippen molar-refractivity contribution in [3.63, 3.8) is 0 Å². The van der Waals surface area contributed by atoms with Crippen LogP contribution in [0, 0.1) is 0 Å². The van der Waals surface area contributed by atoms with Crippen LogP contribution < -0.4 is 10.2 Å². The lowest BCUT2D eigenvalue weighted by Gasteiger charge is -2.47. The van der Waals surface area contributed by atoms with Crippen LogP contribution in [0.2, 0.25) is 0 Å². The van der Waals surface area contributed by atoms with Crippen molar-refractivity contribution in [2.24, 2.45) is 0 Å². The van der Waals surface area contributed by atoms with Gasteiger partial charge in [-0.25, -0.2) is 4.79 Å². The van der Waals surface area contributed by atoms with Gasteiger partial charge in [0.2, 0.25) is 17.5 Å². The van der Waals surface area contributed by atoms with Gasteiger partial charge in [0, 0.05) is 23.8 Å². The minimum absolute atomic E-state index is 0.186. The predicted molar refractivity (Wildman–Crippen MR) is 242 cm³/mol. The number of phenolic OH excluding ortho intramolecular Hbond substituents is 6. The van der Waals surface area contributed by atoms with Crippen LogP contribution in [0.25, 0.3) is 28.4 Å². The normalized spacial score (nSPS) is 35.4. The number of carbonyl (C=O) groups is 1. The zero-order chi connectivity index (χ0) is 54.3. The summed E-state index contributed by atoms with van der Waals surface area (Å²) in [5.74, 6) is -6.17. The average Bonchev–Trinajstić information content (AvgIpc) is 3.37. The van der Waals surface area contributed by atoms with Crippen molar-refractivity contribution < 1.29 is 134 Å². The number of ether oxygens (including phenoxy) is 9. The van der Waals surface area contributed by atoms with Crippen molar-refractivity contribution >= 4 is 23.0 Å². The molecule has 19 atom stereocenters. The van der Waals surface area contributed by atoms with E-state index in [1.807, 2.05) is 0 Å². The van der Waals surface area contributed by atoms with Gasteiger partial charge in [-0.2, -0.15) is 0 Å². The van der Waals surface area contributed by atoms with Crippen LogP contribution in [-0.2, 0) is 42.7 Å². The molecule has 5 heterocycles. The Morgan fingerprint density at radius 3 is 1.99 bits per heavy atom. The number of hydrogen-bond donors (Lipinski definition) is 16. The molecule has 0 bridgehead atoms. The van der Waals surface area contributed by atoms with Gasteiger partial charge in [0.05, 0.1) is 25.9 Å². The topological polar surface area (TPSA) is 454 Å². The summed E-state index contributed by atoms with van der Waals surface area (Å²) >= 11 is 0. The van der Waals surface area contributed by atoms with Gasteiger partial charge in [0.15, 0.2) is 59.8 Å². The lowest BCUT2D eigenvalue weighted by Crippen LogP contribution is -2.66. The molecule has 28 nitrogen and oxygen atoms in total. The van der Waals surface area contributed by atoms with Gasteiger partial charge < -0.3 is 129 Å². The Bertz CT molecular complexity index is 2750. The Kier molecular flexibility index (Phi) is 16.7. The van der Waals surface area contributed by atoms with Gasteiger partial charge in [-0.3, -0.25) is 4.79 Å². The first-order chi connectivity index (χ1) is 35.6. The fraction of sp³-hybridized carbons (Fsp3) is 0.489. The second kappa shape index (κ2) is 22.7. The van der Waals surface area contributed by atoms with Gasteiger partial charge in [0.25, 0.3) is 0 Å². The van der Waals surface area contributed by atoms with Crippen LogP contribution in [0.4, 0.5) is 0 Å². The monoisotopic (exact) mass is 1070 g/mol. The molecule has 0 amide bonds. The second-order valence-corrected chi connectivity index (χ2v) is 17.9. The van der Waals surface area contributed by atoms with Crippen molar-refractivity contribution in [1.29, 1.82) is 0 Å². The third-order valence-corrected chi connectivity index (χ3v) is 12.8. The molecular weight excluding hydrogens is 1010 g/mol. The highest BCUT2D eigenvalue weighted by Crippen LogP contribution is 2.41. The van der Waals surface area contributed by atoms with E-state index in [1.54, 1.807) is 0 Å². The summed E-state index contributed by atoms with van der Waals surface area (Å²) in [7, 11) is 0. The Morgan fingerprint density at radius 2 is 1.29 bits per heavy atom. The SMILES string of the molecule is CC1OC(OCC2OC(Oc3c(-c4ccc(O)c(O)c4)oc4cc(O)cc(O)c4c3=O)C(OC3OC(CO)C(O)C(O)C3O)C(O)C2O)C(O)C(OC2OCC(O)C(O)C2O)C1OC(=O)C=Cc1ccc(O)c(O)c1. The fourth-order valence-electron chi connectivity index (χ4n) is 8.63. The van der Waals surface area contributed by atoms with Crippen molar-refractivity contribution in [2.75, 3.05) is 19.8 Å². The lowest BCUT2D eigenvalue weighted by molar-refractivity contribution is -0.366. The molecule has 1 aromatic heterocycles. The second-order valence-electron chi connectivity index (χ2n) is 17.9. The quantitative estimate of drug-likeness (QED) is 0.0328. The summed E-state index contributed by atoms with van der Waals surface area (Å²) in [5.41, 5.74) is -1.57. The van der Waals surface area contributed by atoms with Gasteiger partial charge in [-0.1, -0.05) is 6.07 Å². The lowest BCUT2D eigenvalue weighted by atomic mass is 9.97. The maximum atomic E-state index is 14.4. The number of carbonyl (C=O) groups excluding carboxylic acids is 1. The standard InChI is InChI=1S/C47H54O28/c1-15-39(72-28(56)7-3-16-2-5-19(50)21(52)8-16)42(73-44-36(63)30(57)24(55)13-66-44)38(65)45(68-15)67-14-27-32(59)35(62)43(75-46-37(64)34(61)31(58)26(12-48)70-46)47(71-27)74-41-33(60)29-23(54)10-18(49)11-25(29)69-40(41)17-4-6-20(51)22(53)9-17/h2-11,15,24,26-27,30-32,34-39,42-55,57-59,61-65H,12-14H2,1H3. The van der Waals surface area contributed by atoms with E-state index in [0.717, 1.165) is 48.5 Å². The number of esters is 1. The summed E-state index contributed by atoms with van der Waals surface area (Å²) < 4.78 is 58.0. The Balaban J connectivity index is 1.10. The zero-order valence-electron chi connectivity index (χ0n) is 38.9. The molecule has 0 spiro atoms. The molecule has 4 aromatic rings. The average molecular weight is 1070 g/mol. The molecule has 28 heteroatoms. The first-order valence-corrected chi connectivity index (χ1v) is 22.9. The molecule has 4 aliphatic rings. The Morgan fingerprint density at radius 1 is 0.640 bits per heavy atom. The molecule has 0 radical (unpaired) electrons. The third-order valence-electron chi connectivity index (χ3n) is 12.8. The molecular formula is C47H54O28. The van der Waals surface area contributed by atoms with Crippen molar-refractivity contribution in [1.82, 2.24) is 0 Å². The molecule has 4 aliphatic heterocycles. The number of aromatic hydroxyl groups is 6. The minimum Gasteiger partial charge on any atom is -0.508 e. The van der Waals surface area contributed by atoms with E-state index in [2.05, 4.69) is 0 Å².